The molecule has 2 aromatic carbocycles. The third kappa shape index (κ3) is 3.64. The van der Waals surface area contributed by atoms with Crippen LogP contribution in [-0.4, -0.2) is 18.9 Å². The second-order valence-corrected chi connectivity index (χ2v) is 7.14. The molecule has 136 valence electrons. The molecule has 0 saturated heterocycles. The van der Waals surface area contributed by atoms with E-state index in [0.29, 0.717) is 40.0 Å². The van der Waals surface area contributed by atoms with Crippen molar-refractivity contribution in [3.05, 3.63) is 52.0 Å². The van der Waals surface area contributed by atoms with Gasteiger partial charge in [-0.1, -0.05) is 29.3 Å². The number of ether oxygens (including phenoxy) is 1. The van der Waals surface area contributed by atoms with E-state index in [-0.39, 0.29) is 11.8 Å². The van der Waals surface area contributed by atoms with E-state index >= 15 is 0 Å². The highest BCUT2D eigenvalue weighted by Crippen LogP contribution is 2.48. The Bertz CT molecular complexity index is 879. The molecule has 0 bridgehead atoms. The molecule has 0 heterocycles. The summed E-state index contributed by atoms with van der Waals surface area (Å²) in [4.78, 5) is 25.4. The van der Waals surface area contributed by atoms with Crippen molar-refractivity contribution in [2.75, 3.05) is 17.7 Å². The third-order valence-electron chi connectivity index (χ3n) is 4.40. The second-order valence-electron chi connectivity index (χ2n) is 6.32. The largest absolute Gasteiger partial charge is 0.495 e. The molecule has 2 N–H and O–H groups in total. The second kappa shape index (κ2) is 7.17. The normalized spacial score (nSPS) is 14.5. The van der Waals surface area contributed by atoms with Gasteiger partial charge in [-0.05, 0) is 55.7 Å². The molecule has 7 heteroatoms. The first-order valence-corrected chi connectivity index (χ1v) is 8.84. The summed E-state index contributed by atoms with van der Waals surface area (Å²) in [7, 11) is 1.53. The van der Waals surface area contributed by atoms with Crippen molar-refractivity contribution in [2.24, 2.45) is 5.41 Å². The number of benzene rings is 2. The number of anilines is 2. The molecule has 0 radical (unpaired) electrons. The van der Waals surface area contributed by atoms with E-state index in [1.807, 2.05) is 19.1 Å². The fourth-order valence-electron chi connectivity index (χ4n) is 2.67. The highest BCUT2D eigenvalue weighted by Gasteiger charge is 2.56. The van der Waals surface area contributed by atoms with Gasteiger partial charge in [-0.15, -0.1) is 0 Å². The molecule has 1 saturated carbocycles. The topological polar surface area (TPSA) is 67.4 Å². The van der Waals surface area contributed by atoms with Gasteiger partial charge in [-0.2, -0.15) is 0 Å². The summed E-state index contributed by atoms with van der Waals surface area (Å²) in [6.45, 7) is 1.92. The van der Waals surface area contributed by atoms with Gasteiger partial charge in [0.1, 0.15) is 11.2 Å². The Morgan fingerprint density at radius 1 is 1.00 bits per heavy atom. The van der Waals surface area contributed by atoms with Crippen LogP contribution in [0.25, 0.3) is 0 Å². The van der Waals surface area contributed by atoms with Crippen molar-refractivity contribution < 1.29 is 14.3 Å². The number of hydrogen-bond donors (Lipinski definition) is 2. The van der Waals surface area contributed by atoms with Crippen LogP contribution in [0.1, 0.15) is 18.4 Å². The molecule has 1 aliphatic rings. The van der Waals surface area contributed by atoms with Crippen molar-refractivity contribution in [2.45, 2.75) is 19.8 Å². The number of carbonyl (C=O) groups excluding carboxylic acids is 2. The predicted molar refractivity (Wildman–Crippen MR) is 103 cm³/mol. The zero-order valence-corrected chi connectivity index (χ0v) is 15.9. The van der Waals surface area contributed by atoms with E-state index in [1.54, 1.807) is 24.3 Å². The monoisotopic (exact) mass is 392 g/mol. The number of hydrogen-bond acceptors (Lipinski definition) is 3. The van der Waals surface area contributed by atoms with Crippen LogP contribution in [0.5, 0.6) is 5.75 Å². The molecular formula is C19H18Cl2N2O3. The molecule has 26 heavy (non-hydrogen) atoms. The van der Waals surface area contributed by atoms with Crippen LogP contribution in [0.15, 0.2) is 36.4 Å². The van der Waals surface area contributed by atoms with Gasteiger partial charge in [0.2, 0.25) is 11.8 Å². The summed E-state index contributed by atoms with van der Waals surface area (Å²) in [5.41, 5.74) is 0.940. The van der Waals surface area contributed by atoms with Crippen molar-refractivity contribution >= 4 is 46.4 Å². The van der Waals surface area contributed by atoms with Crippen LogP contribution in [0.4, 0.5) is 11.4 Å². The lowest BCUT2D eigenvalue weighted by Crippen LogP contribution is -2.35. The summed E-state index contributed by atoms with van der Waals surface area (Å²) in [5.74, 6) is -0.163. The molecule has 0 aliphatic heterocycles. The van der Waals surface area contributed by atoms with Crippen molar-refractivity contribution in [1.82, 2.24) is 0 Å². The van der Waals surface area contributed by atoms with Gasteiger partial charge in [0.05, 0.1) is 22.8 Å². The van der Waals surface area contributed by atoms with Gasteiger partial charge in [0.15, 0.2) is 0 Å². The van der Waals surface area contributed by atoms with Gasteiger partial charge < -0.3 is 15.4 Å². The number of methoxy groups -OCH3 is 1. The van der Waals surface area contributed by atoms with Crippen LogP contribution in [0, 0.1) is 12.3 Å². The Kier molecular flexibility index (Phi) is 5.12. The van der Waals surface area contributed by atoms with Gasteiger partial charge in [-0.3, -0.25) is 9.59 Å². The van der Waals surface area contributed by atoms with Gasteiger partial charge in [-0.25, -0.2) is 0 Å². The van der Waals surface area contributed by atoms with Gasteiger partial charge >= 0.3 is 0 Å². The summed E-state index contributed by atoms with van der Waals surface area (Å²) < 4.78 is 5.27. The average Bonchev–Trinajstić information content (AvgIpc) is 3.40. The third-order valence-corrected chi connectivity index (χ3v) is 5.14. The number of aryl methyl sites for hydroxylation is 1. The lowest BCUT2D eigenvalue weighted by atomic mass is 10.0. The van der Waals surface area contributed by atoms with Crippen LogP contribution in [0.2, 0.25) is 10.0 Å². The first-order valence-electron chi connectivity index (χ1n) is 8.08. The maximum atomic E-state index is 12.8. The van der Waals surface area contributed by atoms with E-state index in [1.165, 1.54) is 7.11 Å². The Morgan fingerprint density at radius 3 is 2.31 bits per heavy atom. The maximum Gasteiger partial charge on any atom is 0.240 e. The molecule has 0 spiro atoms. The summed E-state index contributed by atoms with van der Waals surface area (Å²) in [6.07, 6.45) is 0.972. The molecule has 0 unspecified atom stereocenters. The fourth-order valence-corrected chi connectivity index (χ4v) is 2.97. The molecule has 1 aliphatic carbocycles. The molecule has 0 atom stereocenters. The summed E-state index contributed by atoms with van der Waals surface area (Å²) in [5, 5.41) is 6.30. The van der Waals surface area contributed by atoms with Crippen LogP contribution in [0.3, 0.4) is 0 Å². The Hall–Kier alpha value is -2.24. The standard InChI is InChI=1S/C19H18Cl2N2O3/c1-11-3-6-16(26-2)15(9-11)23-18(25)19(7-8-19)17(24)22-12-4-5-13(20)14(21)10-12/h3-6,9-10H,7-8H2,1-2H3,(H,22,24)(H,23,25). The molecule has 2 amide bonds. The molecule has 2 aromatic rings. The van der Waals surface area contributed by atoms with Crippen molar-refractivity contribution in [3.8, 4) is 5.75 Å². The summed E-state index contributed by atoms with van der Waals surface area (Å²) in [6, 6.07) is 10.3. The molecule has 0 aromatic heterocycles. The summed E-state index contributed by atoms with van der Waals surface area (Å²) >= 11 is 11.8. The van der Waals surface area contributed by atoms with E-state index in [9.17, 15) is 9.59 Å². The number of rotatable bonds is 5. The van der Waals surface area contributed by atoms with Gasteiger partial charge in [0.25, 0.3) is 0 Å². The van der Waals surface area contributed by atoms with Crippen molar-refractivity contribution in [1.29, 1.82) is 0 Å². The minimum atomic E-state index is -1.08. The van der Waals surface area contributed by atoms with Crippen LogP contribution in [-0.2, 0) is 9.59 Å². The van der Waals surface area contributed by atoms with Crippen molar-refractivity contribution in [3.63, 3.8) is 0 Å². The Balaban J connectivity index is 1.75. The molecule has 5 nitrogen and oxygen atoms in total. The van der Waals surface area contributed by atoms with Crippen LogP contribution >= 0.6 is 23.2 Å². The van der Waals surface area contributed by atoms with Gasteiger partial charge in [0, 0.05) is 5.69 Å². The van der Waals surface area contributed by atoms with E-state index in [2.05, 4.69) is 10.6 Å². The highest BCUT2D eigenvalue weighted by molar-refractivity contribution is 6.42. The first-order chi connectivity index (χ1) is 12.4. The predicted octanol–water partition coefficient (Wildman–Crippen LogP) is 4.67. The lowest BCUT2D eigenvalue weighted by molar-refractivity contribution is -0.131. The SMILES string of the molecule is COc1ccc(C)cc1NC(=O)C1(C(=O)Nc2ccc(Cl)c(Cl)c2)CC1. The first kappa shape index (κ1) is 18.5. The minimum absolute atomic E-state index is 0.336. The zero-order chi connectivity index (χ0) is 18.9. The maximum absolute atomic E-state index is 12.8. The highest BCUT2D eigenvalue weighted by atomic mass is 35.5. The smallest absolute Gasteiger partial charge is 0.240 e. The minimum Gasteiger partial charge on any atom is -0.495 e. The zero-order valence-electron chi connectivity index (χ0n) is 14.4. The molecule has 3 rings (SSSR count). The number of nitrogens with one attached hydrogen (secondary N) is 2. The Labute approximate surface area is 161 Å². The van der Waals surface area contributed by atoms with E-state index in [4.69, 9.17) is 27.9 Å². The fraction of sp³-hybridized carbons (Fsp3) is 0.263. The molecular weight excluding hydrogens is 375 g/mol. The molecule has 1 fully saturated rings. The lowest BCUT2D eigenvalue weighted by Gasteiger charge is -2.17. The number of carbonyl (C=O) groups is 2. The quantitative estimate of drug-likeness (QED) is 0.726. The average molecular weight is 393 g/mol. The van der Waals surface area contributed by atoms with E-state index in [0.717, 1.165) is 5.56 Å². The number of amides is 2. The number of halogens is 2. The van der Waals surface area contributed by atoms with E-state index < -0.39 is 5.41 Å². The van der Waals surface area contributed by atoms with Crippen LogP contribution < -0.4 is 15.4 Å². The Morgan fingerprint density at radius 2 is 1.69 bits per heavy atom.